The van der Waals surface area contributed by atoms with Gasteiger partial charge in [-0.2, -0.15) is 0 Å². The molecule has 140 valence electrons. The maximum Gasteiger partial charge on any atom is 0.289 e. The van der Waals surface area contributed by atoms with Crippen LogP contribution in [0.1, 0.15) is 47.8 Å². The van der Waals surface area contributed by atoms with E-state index in [1.807, 2.05) is 30.5 Å². The lowest BCUT2D eigenvalue weighted by Gasteiger charge is -2.29. The highest BCUT2D eigenvalue weighted by atomic mass is 16.5. The van der Waals surface area contributed by atoms with Gasteiger partial charge in [-0.25, -0.2) is 4.98 Å². The van der Waals surface area contributed by atoms with Gasteiger partial charge in [-0.3, -0.25) is 9.78 Å². The van der Waals surface area contributed by atoms with Gasteiger partial charge in [0.2, 0.25) is 5.76 Å². The summed E-state index contributed by atoms with van der Waals surface area (Å²) < 4.78 is 11.7. The van der Waals surface area contributed by atoms with Crippen molar-refractivity contribution < 1.29 is 13.9 Å². The molecule has 6 heteroatoms. The number of carbonyl (C=O) groups is 1. The van der Waals surface area contributed by atoms with Crippen LogP contribution in [0.2, 0.25) is 0 Å². The van der Waals surface area contributed by atoms with Crippen molar-refractivity contribution in [2.45, 2.75) is 51.7 Å². The van der Waals surface area contributed by atoms with Crippen molar-refractivity contribution in [2.24, 2.45) is 0 Å². The number of aryl methyl sites for hydroxylation is 2. The fourth-order valence-electron chi connectivity index (χ4n) is 3.69. The molecule has 6 nitrogen and oxygen atoms in total. The second kappa shape index (κ2) is 7.39. The van der Waals surface area contributed by atoms with Crippen molar-refractivity contribution >= 4 is 16.7 Å². The monoisotopic (exact) mass is 365 g/mol. The molecule has 0 radical (unpaired) electrons. The third-order valence-corrected chi connectivity index (χ3v) is 5.05. The highest BCUT2D eigenvalue weighted by molar-refractivity contribution is 5.92. The number of amides is 1. The van der Waals surface area contributed by atoms with Gasteiger partial charge in [0.25, 0.3) is 5.91 Å². The molecular formula is C21H23N3O3. The van der Waals surface area contributed by atoms with Crippen LogP contribution in [0, 0.1) is 13.8 Å². The number of ether oxygens (including phenoxy) is 1. The Morgan fingerprint density at radius 3 is 2.74 bits per heavy atom. The third-order valence-electron chi connectivity index (χ3n) is 5.05. The average molecular weight is 365 g/mol. The fourth-order valence-corrected chi connectivity index (χ4v) is 3.69. The Balaban J connectivity index is 1.35. The Labute approximate surface area is 158 Å². The number of fused-ring (bicyclic) bond motifs is 1. The van der Waals surface area contributed by atoms with Crippen molar-refractivity contribution in [3.63, 3.8) is 0 Å². The molecule has 4 rings (SSSR count). The zero-order chi connectivity index (χ0) is 18.8. The van der Waals surface area contributed by atoms with Crippen LogP contribution in [-0.2, 0) is 0 Å². The molecule has 1 amide bonds. The van der Waals surface area contributed by atoms with Gasteiger partial charge in [0.1, 0.15) is 5.75 Å². The molecule has 1 aromatic carbocycles. The number of benzene rings is 1. The van der Waals surface area contributed by atoms with Crippen LogP contribution in [0.5, 0.6) is 5.75 Å². The summed E-state index contributed by atoms with van der Waals surface area (Å²) in [6.45, 7) is 3.53. The Morgan fingerprint density at radius 2 is 2.00 bits per heavy atom. The zero-order valence-corrected chi connectivity index (χ0v) is 15.6. The highest BCUT2D eigenvalue weighted by Gasteiger charge is 2.26. The molecule has 0 saturated heterocycles. The van der Waals surface area contributed by atoms with Gasteiger partial charge in [-0.1, -0.05) is 12.1 Å². The maximum absolute atomic E-state index is 12.4. The van der Waals surface area contributed by atoms with E-state index < -0.39 is 0 Å². The Bertz CT molecular complexity index is 953. The van der Waals surface area contributed by atoms with E-state index in [1.165, 1.54) is 0 Å². The third kappa shape index (κ3) is 3.79. The van der Waals surface area contributed by atoms with Crippen molar-refractivity contribution in [3.05, 3.63) is 54.0 Å². The lowest BCUT2D eigenvalue weighted by Crippen LogP contribution is -2.39. The SMILES string of the molecule is Cc1nc(C)c(C(=O)NC2CCC(Oc3cccc4cnccc34)CC2)o1. The van der Waals surface area contributed by atoms with Gasteiger partial charge in [0.15, 0.2) is 5.89 Å². The van der Waals surface area contributed by atoms with E-state index >= 15 is 0 Å². The average Bonchev–Trinajstić information content (AvgIpc) is 3.02. The standard InChI is InChI=1S/C21H23N3O3/c1-13-20(26-14(2)23-13)21(25)24-16-6-8-17(9-7-16)27-19-5-3-4-15-12-22-11-10-18(15)19/h3-5,10-12,16-17H,6-9H2,1-2H3,(H,24,25). The summed E-state index contributed by atoms with van der Waals surface area (Å²) in [5, 5.41) is 5.23. The molecule has 1 N–H and O–H groups in total. The van der Waals surface area contributed by atoms with Gasteiger partial charge in [0, 0.05) is 36.1 Å². The maximum atomic E-state index is 12.4. The first-order valence-electron chi connectivity index (χ1n) is 9.34. The minimum atomic E-state index is -0.181. The molecule has 1 aliphatic rings. The summed E-state index contributed by atoms with van der Waals surface area (Å²) in [5.74, 6) is 1.55. The van der Waals surface area contributed by atoms with E-state index in [-0.39, 0.29) is 18.1 Å². The Morgan fingerprint density at radius 1 is 1.19 bits per heavy atom. The van der Waals surface area contributed by atoms with Crippen molar-refractivity contribution in [1.29, 1.82) is 0 Å². The lowest BCUT2D eigenvalue weighted by atomic mass is 9.92. The molecule has 0 atom stereocenters. The number of carbonyl (C=O) groups excluding carboxylic acids is 1. The number of hydrogen-bond donors (Lipinski definition) is 1. The second-order valence-electron chi connectivity index (χ2n) is 7.07. The first kappa shape index (κ1) is 17.5. The number of oxazole rings is 1. The topological polar surface area (TPSA) is 77.2 Å². The normalized spacial score (nSPS) is 19.8. The summed E-state index contributed by atoms with van der Waals surface area (Å²) in [6, 6.07) is 8.16. The van der Waals surface area contributed by atoms with Crippen LogP contribution in [0.3, 0.4) is 0 Å². The van der Waals surface area contributed by atoms with E-state index in [4.69, 9.17) is 9.15 Å². The molecule has 3 aromatic rings. The number of aromatic nitrogens is 2. The molecule has 0 aliphatic heterocycles. The minimum absolute atomic E-state index is 0.138. The predicted molar refractivity (Wildman–Crippen MR) is 102 cm³/mol. The van der Waals surface area contributed by atoms with E-state index in [0.717, 1.165) is 42.2 Å². The van der Waals surface area contributed by atoms with E-state index in [1.54, 1.807) is 20.0 Å². The largest absolute Gasteiger partial charge is 0.490 e. The van der Waals surface area contributed by atoms with Crippen LogP contribution in [0.15, 0.2) is 41.1 Å². The minimum Gasteiger partial charge on any atom is -0.490 e. The van der Waals surface area contributed by atoms with Gasteiger partial charge in [-0.05, 0) is 44.7 Å². The smallest absolute Gasteiger partial charge is 0.289 e. The Hall–Kier alpha value is -2.89. The number of hydrogen-bond acceptors (Lipinski definition) is 5. The molecule has 2 heterocycles. The van der Waals surface area contributed by atoms with Gasteiger partial charge >= 0.3 is 0 Å². The van der Waals surface area contributed by atoms with Crippen molar-refractivity contribution in [3.8, 4) is 5.75 Å². The fraction of sp³-hybridized carbons (Fsp3) is 0.381. The quantitative estimate of drug-likeness (QED) is 0.757. The molecule has 27 heavy (non-hydrogen) atoms. The summed E-state index contributed by atoms with van der Waals surface area (Å²) >= 11 is 0. The summed E-state index contributed by atoms with van der Waals surface area (Å²) in [7, 11) is 0. The summed E-state index contributed by atoms with van der Waals surface area (Å²) in [5.41, 5.74) is 0.632. The van der Waals surface area contributed by atoms with Gasteiger partial charge in [0.05, 0.1) is 11.8 Å². The molecule has 0 spiro atoms. The summed E-state index contributed by atoms with van der Waals surface area (Å²) in [4.78, 5) is 20.7. The summed E-state index contributed by atoms with van der Waals surface area (Å²) in [6.07, 6.45) is 7.37. The molecule has 1 fully saturated rings. The number of nitrogens with zero attached hydrogens (tertiary/aromatic N) is 2. The molecule has 2 aromatic heterocycles. The van der Waals surface area contributed by atoms with Crippen LogP contribution in [-0.4, -0.2) is 28.0 Å². The molecule has 1 saturated carbocycles. The zero-order valence-electron chi connectivity index (χ0n) is 15.6. The van der Waals surface area contributed by atoms with E-state index in [2.05, 4.69) is 15.3 Å². The highest BCUT2D eigenvalue weighted by Crippen LogP contribution is 2.29. The van der Waals surface area contributed by atoms with Crippen molar-refractivity contribution in [1.82, 2.24) is 15.3 Å². The van der Waals surface area contributed by atoms with Gasteiger partial charge in [-0.15, -0.1) is 0 Å². The number of pyridine rings is 1. The predicted octanol–water partition coefficient (Wildman–Crippen LogP) is 3.96. The first-order chi connectivity index (χ1) is 13.1. The van der Waals surface area contributed by atoms with E-state index in [9.17, 15) is 4.79 Å². The van der Waals surface area contributed by atoms with Crippen LogP contribution in [0.25, 0.3) is 10.8 Å². The molecule has 0 bridgehead atoms. The van der Waals surface area contributed by atoms with Gasteiger partial charge < -0.3 is 14.5 Å². The first-order valence-corrected chi connectivity index (χ1v) is 9.34. The Kier molecular flexibility index (Phi) is 4.79. The number of nitrogens with one attached hydrogen (secondary N) is 1. The molecule has 1 aliphatic carbocycles. The van der Waals surface area contributed by atoms with Crippen LogP contribution in [0.4, 0.5) is 0 Å². The number of rotatable bonds is 4. The lowest BCUT2D eigenvalue weighted by molar-refractivity contribution is 0.0866. The van der Waals surface area contributed by atoms with Crippen LogP contribution < -0.4 is 10.1 Å². The van der Waals surface area contributed by atoms with Crippen LogP contribution >= 0.6 is 0 Å². The molecular weight excluding hydrogens is 342 g/mol. The second-order valence-corrected chi connectivity index (χ2v) is 7.07. The van der Waals surface area contributed by atoms with Crippen molar-refractivity contribution in [2.75, 3.05) is 0 Å². The molecule has 0 unspecified atom stereocenters. The van der Waals surface area contributed by atoms with E-state index in [0.29, 0.717) is 17.3 Å².